The van der Waals surface area contributed by atoms with E-state index in [0.29, 0.717) is 11.5 Å². The number of thiophene rings is 1. The number of hydrogen-bond donors (Lipinski definition) is 1. The molecule has 0 aliphatic heterocycles. The van der Waals surface area contributed by atoms with Crippen LogP contribution in [0.4, 0.5) is 5.69 Å². The molecule has 0 saturated heterocycles. The summed E-state index contributed by atoms with van der Waals surface area (Å²) < 4.78 is 0. The van der Waals surface area contributed by atoms with E-state index in [1.807, 2.05) is 0 Å². The van der Waals surface area contributed by atoms with Crippen LogP contribution < -0.4 is 5.32 Å². The van der Waals surface area contributed by atoms with Crippen molar-refractivity contribution < 1.29 is 0 Å². The van der Waals surface area contributed by atoms with Crippen molar-refractivity contribution in [3.63, 3.8) is 0 Å². The second-order valence-electron chi connectivity index (χ2n) is 6.42. The first kappa shape index (κ1) is 12.9. The molecule has 17 heavy (non-hydrogen) atoms. The fourth-order valence-corrected chi connectivity index (χ4v) is 3.49. The number of hydrogen-bond acceptors (Lipinski definition) is 2. The van der Waals surface area contributed by atoms with E-state index in [9.17, 15) is 0 Å². The van der Waals surface area contributed by atoms with Gasteiger partial charge in [-0.1, -0.05) is 27.2 Å². The smallest absolute Gasteiger partial charge is 0.0450 e. The Balaban J connectivity index is 1.88. The Morgan fingerprint density at radius 3 is 2.65 bits per heavy atom. The highest BCUT2D eigenvalue weighted by atomic mass is 32.1. The zero-order valence-electron chi connectivity index (χ0n) is 11.3. The van der Waals surface area contributed by atoms with Crippen LogP contribution in [-0.2, 0) is 0 Å². The minimum Gasteiger partial charge on any atom is -0.382 e. The molecular weight excluding hydrogens is 226 g/mol. The second-order valence-corrected chi connectivity index (χ2v) is 7.20. The van der Waals surface area contributed by atoms with Crippen molar-refractivity contribution in [2.75, 3.05) is 5.32 Å². The van der Waals surface area contributed by atoms with E-state index in [0.717, 1.165) is 5.92 Å². The highest BCUT2D eigenvalue weighted by Crippen LogP contribution is 2.37. The standard InChI is InChI=1S/C15H25NS/c1-15(2,3)12-5-4-6-13(8-7-12)16-14-9-10-17-11-14/h9-13,16H,4-8H2,1-3H3. The van der Waals surface area contributed by atoms with Crippen molar-refractivity contribution in [3.8, 4) is 0 Å². The maximum absolute atomic E-state index is 3.68. The Morgan fingerprint density at radius 1 is 1.18 bits per heavy atom. The predicted octanol–water partition coefficient (Wildman–Crippen LogP) is 5.16. The molecule has 0 amide bonds. The van der Waals surface area contributed by atoms with Gasteiger partial charge in [0.2, 0.25) is 0 Å². The van der Waals surface area contributed by atoms with Crippen LogP contribution in [0.25, 0.3) is 0 Å². The minimum atomic E-state index is 0.483. The third kappa shape index (κ3) is 3.74. The summed E-state index contributed by atoms with van der Waals surface area (Å²) in [5.74, 6) is 0.900. The molecule has 1 aromatic heterocycles. The monoisotopic (exact) mass is 251 g/mol. The SMILES string of the molecule is CC(C)(C)C1CCCC(Nc2ccsc2)CC1. The number of rotatable bonds is 2. The number of anilines is 1. The molecule has 0 aromatic carbocycles. The van der Waals surface area contributed by atoms with E-state index < -0.39 is 0 Å². The number of nitrogens with one attached hydrogen (secondary N) is 1. The first-order valence-corrected chi connectivity index (χ1v) is 7.79. The fraction of sp³-hybridized carbons (Fsp3) is 0.733. The summed E-state index contributed by atoms with van der Waals surface area (Å²) >= 11 is 1.78. The molecule has 1 heterocycles. The fourth-order valence-electron chi connectivity index (χ4n) is 2.89. The molecule has 0 bridgehead atoms. The predicted molar refractivity (Wildman–Crippen MR) is 77.8 cm³/mol. The van der Waals surface area contributed by atoms with Gasteiger partial charge in [0, 0.05) is 17.1 Å². The molecule has 2 atom stereocenters. The Bertz CT molecular complexity index is 323. The van der Waals surface area contributed by atoms with Crippen LogP contribution in [0.3, 0.4) is 0 Å². The Kier molecular flexibility index (Phi) is 4.13. The normalized spacial score (nSPS) is 26.5. The summed E-state index contributed by atoms with van der Waals surface area (Å²) in [6.07, 6.45) is 6.83. The molecule has 0 radical (unpaired) electrons. The van der Waals surface area contributed by atoms with E-state index in [2.05, 4.69) is 42.9 Å². The molecule has 1 aliphatic rings. The van der Waals surface area contributed by atoms with E-state index in [1.165, 1.54) is 37.8 Å². The quantitative estimate of drug-likeness (QED) is 0.716. The van der Waals surface area contributed by atoms with Crippen LogP contribution in [0.1, 0.15) is 52.9 Å². The molecule has 2 heteroatoms. The van der Waals surface area contributed by atoms with E-state index in [4.69, 9.17) is 0 Å². The van der Waals surface area contributed by atoms with Crippen molar-refractivity contribution >= 4 is 17.0 Å². The Hall–Kier alpha value is -0.500. The van der Waals surface area contributed by atoms with E-state index in [1.54, 1.807) is 11.3 Å². The first-order valence-electron chi connectivity index (χ1n) is 6.84. The van der Waals surface area contributed by atoms with Crippen molar-refractivity contribution in [1.82, 2.24) is 0 Å². The average Bonchev–Trinajstić information content (AvgIpc) is 2.61. The summed E-state index contributed by atoms with van der Waals surface area (Å²) in [6.45, 7) is 7.18. The molecule has 2 unspecified atom stereocenters. The molecule has 1 saturated carbocycles. The topological polar surface area (TPSA) is 12.0 Å². The van der Waals surface area contributed by atoms with Gasteiger partial charge in [-0.15, -0.1) is 0 Å². The lowest BCUT2D eigenvalue weighted by Gasteiger charge is -2.29. The molecule has 1 fully saturated rings. The van der Waals surface area contributed by atoms with Crippen molar-refractivity contribution in [1.29, 1.82) is 0 Å². The van der Waals surface area contributed by atoms with Crippen molar-refractivity contribution in [2.45, 2.75) is 58.9 Å². The largest absolute Gasteiger partial charge is 0.382 e. The van der Waals surface area contributed by atoms with Crippen LogP contribution in [0.2, 0.25) is 0 Å². The lowest BCUT2D eigenvalue weighted by atomic mass is 9.76. The van der Waals surface area contributed by atoms with Gasteiger partial charge >= 0.3 is 0 Å². The zero-order valence-corrected chi connectivity index (χ0v) is 12.1. The summed E-state index contributed by atoms with van der Waals surface area (Å²) in [5, 5.41) is 8.05. The van der Waals surface area contributed by atoms with Gasteiger partial charge in [-0.05, 0) is 48.5 Å². The average molecular weight is 251 g/mol. The van der Waals surface area contributed by atoms with Crippen LogP contribution in [0.5, 0.6) is 0 Å². The Labute approximate surface area is 110 Å². The van der Waals surface area contributed by atoms with Gasteiger partial charge in [0.1, 0.15) is 0 Å². The lowest BCUT2D eigenvalue weighted by Crippen LogP contribution is -2.21. The molecule has 2 rings (SSSR count). The molecule has 0 spiro atoms. The summed E-state index contributed by atoms with van der Waals surface area (Å²) in [5.41, 5.74) is 1.80. The van der Waals surface area contributed by atoms with Gasteiger partial charge < -0.3 is 5.32 Å². The maximum Gasteiger partial charge on any atom is 0.0450 e. The molecule has 1 aromatic rings. The molecule has 1 N–H and O–H groups in total. The molecule has 1 nitrogen and oxygen atoms in total. The second kappa shape index (κ2) is 5.43. The third-order valence-corrected chi connectivity index (χ3v) is 4.77. The van der Waals surface area contributed by atoms with Crippen molar-refractivity contribution in [3.05, 3.63) is 16.8 Å². The summed E-state index contributed by atoms with van der Waals surface area (Å²) in [4.78, 5) is 0. The van der Waals surface area contributed by atoms with Crippen LogP contribution in [0.15, 0.2) is 16.8 Å². The third-order valence-electron chi connectivity index (χ3n) is 4.09. The highest BCUT2D eigenvalue weighted by Gasteiger charge is 2.27. The highest BCUT2D eigenvalue weighted by molar-refractivity contribution is 7.08. The summed E-state index contributed by atoms with van der Waals surface area (Å²) in [7, 11) is 0. The Morgan fingerprint density at radius 2 is 2.00 bits per heavy atom. The van der Waals surface area contributed by atoms with Crippen LogP contribution in [0, 0.1) is 11.3 Å². The van der Waals surface area contributed by atoms with E-state index >= 15 is 0 Å². The maximum atomic E-state index is 3.68. The zero-order chi connectivity index (χ0) is 12.3. The van der Waals surface area contributed by atoms with Gasteiger partial charge in [0.15, 0.2) is 0 Å². The lowest BCUT2D eigenvalue weighted by molar-refractivity contribution is 0.214. The first-order chi connectivity index (χ1) is 8.05. The molecular formula is C15H25NS. The van der Waals surface area contributed by atoms with Gasteiger partial charge in [-0.3, -0.25) is 0 Å². The molecule has 1 aliphatic carbocycles. The van der Waals surface area contributed by atoms with Crippen LogP contribution >= 0.6 is 11.3 Å². The van der Waals surface area contributed by atoms with Gasteiger partial charge in [-0.2, -0.15) is 11.3 Å². The van der Waals surface area contributed by atoms with Gasteiger partial charge in [0.05, 0.1) is 0 Å². The molecule has 96 valence electrons. The van der Waals surface area contributed by atoms with E-state index in [-0.39, 0.29) is 0 Å². The minimum absolute atomic E-state index is 0.483. The van der Waals surface area contributed by atoms with Gasteiger partial charge in [-0.25, -0.2) is 0 Å². The summed E-state index contributed by atoms with van der Waals surface area (Å²) in [6, 6.07) is 2.88. The van der Waals surface area contributed by atoms with Gasteiger partial charge in [0.25, 0.3) is 0 Å². The van der Waals surface area contributed by atoms with Crippen molar-refractivity contribution in [2.24, 2.45) is 11.3 Å². The van der Waals surface area contributed by atoms with Crippen LogP contribution in [-0.4, -0.2) is 6.04 Å².